The average Bonchev–Trinajstić information content (AvgIpc) is 2.24. The third-order valence-corrected chi connectivity index (χ3v) is 2.60. The van der Waals surface area contributed by atoms with Crippen molar-refractivity contribution in [3.8, 4) is 0 Å². The van der Waals surface area contributed by atoms with Gasteiger partial charge in [-0.15, -0.1) is 0 Å². The summed E-state index contributed by atoms with van der Waals surface area (Å²) in [4.78, 5) is 21.4. The Morgan fingerprint density at radius 3 is 2.29 bits per heavy atom. The van der Waals surface area contributed by atoms with Gasteiger partial charge in [0.2, 0.25) is 5.91 Å². The van der Waals surface area contributed by atoms with Gasteiger partial charge in [0.05, 0.1) is 6.42 Å². The minimum absolute atomic E-state index is 0.0831. The molecule has 0 aromatic rings. The Kier molecular flexibility index (Phi) is 9.49. The van der Waals surface area contributed by atoms with Gasteiger partial charge in [-0.05, 0) is 12.3 Å². The number of carboxylic acid groups (broad SMARTS) is 1. The summed E-state index contributed by atoms with van der Waals surface area (Å²) in [7, 11) is 0. The molecule has 4 heteroatoms. The van der Waals surface area contributed by atoms with Crippen LogP contribution in [0.15, 0.2) is 0 Å². The molecule has 0 radical (unpaired) electrons. The molecule has 1 amide bonds. The fourth-order valence-electron chi connectivity index (χ4n) is 1.57. The zero-order valence-corrected chi connectivity index (χ0v) is 11.0. The van der Waals surface area contributed by atoms with Crippen molar-refractivity contribution in [1.82, 2.24) is 5.32 Å². The van der Waals surface area contributed by atoms with E-state index in [1.54, 1.807) is 0 Å². The van der Waals surface area contributed by atoms with E-state index in [1.165, 1.54) is 19.3 Å². The fraction of sp³-hybridized carbons (Fsp3) is 0.846. The third kappa shape index (κ3) is 12.9. The number of carboxylic acids is 1. The lowest BCUT2D eigenvalue weighted by Crippen LogP contribution is -2.24. The van der Waals surface area contributed by atoms with Crippen molar-refractivity contribution in [2.75, 3.05) is 6.54 Å². The van der Waals surface area contributed by atoms with E-state index in [4.69, 9.17) is 5.11 Å². The van der Waals surface area contributed by atoms with Crippen LogP contribution in [0.3, 0.4) is 0 Å². The molecular formula is C13H25NO3. The van der Waals surface area contributed by atoms with Crippen LogP contribution in [0.1, 0.15) is 58.8 Å². The minimum atomic E-state index is -0.922. The summed E-state index contributed by atoms with van der Waals surface area (Å²) in [6.07, 6.45) is 5.85. The van der Waals surface area contributed by atoms with Gasteiger partial charge in [0, 0.05) is 13.0 Å². The van der Waals surface area contributed by atoms with Crippen molar-refractivity contribution < 1.29 is 14.7 Å². The van der Waals surface area contributed by atoms with Gasteiger partial charge in [0.1, 0.15) is 0 Å². The van der Waals surface area contributed by atoms with E-state index in [0.717, 1.165) is 18.8 Å². The second kappa shape index (κ2) is 10.1. The van der Waals surface area contributed by atoms with Crippen LogP contribution in [0.4, 0.5) is 0 Å². The monoisotopic (exact) mass is 243 g/mol. The van der Waals surface area contributed by atoms with Crippen molar-refractivity contribution in [1.29, 1.82) is 0 Å². The molecule has 2 N–H and O–H groups in total. The van der Waals surface area contributed by atoms with Crippen LogP contribution >= 0.6 is 0 Å². The SMILES string of the molecule is CC(C)CCCCCCNC(=O)CCC(=O)O. The molecule has 0 spiro atoms. The van der Waals surface area contributed by atoms with Crippen LogP contribution in [0, 0.1) is 5.92 Å². The average molecular weight is 243 g/mol. The predicted molar refractivity (Wildman–Crippen MR) is 67.8 cm³/mol. The van der Waals surface area contributed by atoms with Crippen molar-refractivity contribution in [2.45, 2.75) is 58.8 Å². The molecule has 0 aliphatic rings. The normalized spacial score (nSPS) is 10.5. The smallest absolute Gasteiger partial charge is 0.303 e. The highest BCUT2D eigenvalue weighted by Gasteiger charge is 2.03. The first-order valence-electron chi connectivity index (χ1n) is 6.51. The summed E-state index contributed by atoms with van der Waals surface area (Å²) in [5.41, 5.74) is 0. The maximum atomic E-state index is 11.2. The summed E-state index contributed by atoms with van der Waals surface area (Å²) >= 11 is 0. The van der Waals surface area contributed by atoms with Crippen LogP contribution in [0.5, 0.6) is 0 Å². The van der Waals surface area contributed by atoms with Gasteiger partial charge in [-0.25, -0.2) is 0 Å². The quantitative estimate of drug-likeness (QED) is 0.579. The van der Waals surface area contributed by atoms with Gasteiger partial charge in [0.15, 0.2) is 0 Å². The molecule has 0 saturated heterocycles. The summed E-state index contributed by atoms with van der Waals surface area (Å²) in [6.45, 7) is 5.12. The second-order valence-corrected chi connectivity index (χ2v) is 4.84. The van der Waals surface area contributed by atoms with Gasteiger partial charge in [-0.3, -0.25) is 9.59 Å². The zero-order chi connectivity index (χ0) is 13.1. The highest BCUT2D eigenvalue weighted by Crippen LogP contribution is 2.08. The van der Waals surface area contributed by atoms with E-state index in [9.17, 15) is 9.59 Å². The molecule has 0 heterocycles. The Balaban J connectivity index is 3.22. The third-order valence-electron chi connectivity index (χ3n) is 2.60. The largest absolute Gasteiger partial charge is 0.481 e. The molecule has 0 aliphatic heterocycles. The molecule has 100 valence electrons. The zero-order valence-electron chi connectivity index (χ0n) is 11.0. The maximum absolute atomic E-state index is 11.2. The molecule has 0 aromatic heterocycles. The van der Waals surface area contributed by atoms with Crippen molar-refractivity contribution in [3.63, 3.8) is 0 Å². The number of unbranched alkanes of at least 4 members (excludes halogenated alkanes) is 3. The molecule has 0 aliphatic carbocycles. The van der Waals surface area contributed by atoms with Crippen molar-refractivity contribution in [3.05, 3.63) is 0 Å². The Bertz CT molecular complexity index is 227. The van der Waals surface area contributed by atoms with E-state index in [-0.39, 0.29) is 18.7 Å². The lowest BCUT2D eigenvalue weighted by molar-refractivity contribution is -0.138. The van der Waals surface area contributed by atoms with Crippen LogP contribution < -0.4 is 5.32 Å². The van der Waals surface area contributed by atoms with Gasteiger partial charge in [-0.2, -0.15) is 0 Å². The second-order valence-electron chi connectivity index (χ2n) is 4.84. The molecule has 0 bridgehead atoms. The standard InChI is InChI=1S/C13H25NO3/c1-11(2)7-5-3-4-6-10-14-12(15)8-9-13(16)17/h11H,3-10H2,1-2H3,(H,14,15)(H,16,17). The van der Waals surface area contributed by atoms with E-state index >= 15 is 0 Å². The minimum Gasteiger partial charge on any atom is -0.481 e. The first kappa shape index (κ1) is 15.9. The highest BCUT2D eigenvalue weighted by molar-refractivity contribution is 5.80. The number of nitrogens with one attached hydrogen (secondary N) is 1. The molecule has 4 nitrogen and oxygen atoms in total. The lowest BCUT2D eigenvalue weighted by atomic mass is 10.0. The van der Waals surface area contributed by atoms with Crippen LogP contribution in [-0.4, -0.2) is 23.5 Å². The van der Waals surface area contributed by atoms with Crippen molar-refractivity contribution in [2.24, 2.45) is 5.92 Å². The number of aliphatic carboxylic acids is 1. The van der Waals surface area contributed by atoms with E-state index in [2.05, 4.69) is 19.2 Å². The number of amides is 1. The Hall–Kier alpha value is -1.06. The maximum Gasteiger partial charge on any atom is 0.303 e. The van der Waals surface area contributed by atoms with Gasteiger partial charge < -0.3 is 10.4 Å². The summed E-state index contributed by atoms with van der Waals surface area (Å²) in [5.74, 6) is -0.311. The molecule has 0 rings (SSSR count). The van der Waals surface area contributed by atoms with Crippen LogP contribution in [0.25, 0.3) is 0 Å². The fourth-order valence-corrected chi connectivity index (χ4v) is 1.57. The molecule has 17 heavy (non-hydrogen) atoms. The Morgan fingerprint density at radius 1 is 1.06 bits per heavy atom. The van der Waals surface area contributed by atoms with Gasteiger partial charge in [0.25, 0.3) is 0 Å². The Labute approximate surface area is 104 Å². The first-order chi connectivity index (χ1) is 8.02. The van der Waals surface area contributed by atoms with E-state index in [1.807, 2.05) is 0 Å². The highest BCUT2D eigenvalue weighted by atomic mass is 16.4. The predicted octanol–water partition coefficient (Wildman–Crippen LogP) is 2.57. The molecule has 0 unspecified atom stereocenters. The summed E-state index contributed by atoms with van der Waals surface area (Å²) in [6, 6.07) is 0. The molecule has 0 fully saturated rings. The summed E-state index contributed by atoms with van der Waals surface area (Å²) < 4.78 is 0. The molecule has 0 atom stereocenters. The number of carbonyl (C=O) groups excluding carboxylic acids is 1. The number of rotatable bonds is 10. The van der Waals surface area contributed by atoms with Gasteiger partial charge in [-0.1, -0.05) is 39.5 Å². The molecule has 0 saturated carbocycles. The van der Waals surface area contributed by atoms with Crippen molar-refractivity contribution >= 4 is 11.9 Å². The Morgan fingerprint density at radius 2 is 1.71 bits per heavy atom. The topological polar surface area (TPSA) is 66.4 Å². The summed E-state index contributed by atoms with van der Waals surface area (Å²) in [5, 5.41) is 11.1. The van der Waals surface area contributed by atoms with Crippen LogP contribution in [-0.2, 0) is 9.59 Å². The lowest BCUT2D eigenvalue weighted by Gasteiger charge is -2.05. The number of hydrogen-bond donors (Lipinski definition) is 2. The van der Waals surface area contributed by atoms with E-state index in [0.29, 0.717) is 6.54 Å². The number of carbonyl (C=O) groups is 2. The molecule has 0 aromatic carbocycles. The van der Waals surface area contributed by atoms with Crippen LogP contribution in [0.2, 0.25) is 0 Å². The number of hydrogen-bond acceptors (Lipinski definition) is 2. The van der Waals surface area contributed by atoms with E-state index < -0.39 is 5.97 Å². The van der Waals surface area contributed by atoms with Gasteiger partial charge >= 0.3 is 5.97 Å². The molecular weight excluding hydrogens is 218 g/mol. The first-order valence-corrected chi connectivity index (χ1v) is 6.51.